The van der Waals surface area contributed by atoms with Gasteiger partial charge in [-0.1, -0.05) is 30.3 Å². The van der Waals surface area contributed by atoms with Crippen molar-refractivity contribution >= 4 is 0 Å². The largest absolute Gasteiger partial charge is 0.387 e. The molecule has 6 heteroatoms. The number of rotatable bonds is 1. The predicted octanol–water partition coefficient (Wildman–Crippen LogP) is -0.494. The van der Waals surface area contributed by atoms with Gasteiger partial charge in [-0.3, -0.25) is 0 Å². The van der Waals surface area contributed by atoms with Gasteiger partial charge in [-0.15, -0.1) is 0 Å². The number of hydrogen-bond donors (Lipinski definition) is 3. The molecule has 1 aromatic rings. The van der Waals surface area contributed by atoms with Crippen LogP contribution in [0.4, 0.5) is 0 Å². The minimum absolute atomic E-state index is 0.266. The highest BCUT2D eigenvalue weighted by molar-refractivity contribution is 5.16. The molecule has 0 aromatic heterocycles. The Morgan fingerprint density at radius 1 is 1.05 bits per heavy atom. The maximum atomic E-state index is 10.0. The normalized spacial score (nSPS) is 42.7. The topological polar surface area (TPSA) is 94.2 Å². The summed E-state index contributed by atoms with van der Waals surface area (Å²) in [4.78, 5) is 0. The van der Waals surface area contributed by atoms with Gasteiger partial charge in [0.1, 0.15) is 30.6 Å². The van der Waals surface area contributed by atoms with E-state index in [-0.39, 0.29) is 6.61 Å². The SMILES string of the molecule is N[C@@H]1O[C@@H]2COC(c3ccccc3)O[C@H]2[C@H](O)[C@H]1O. The van der Waals surface area contributed by atoms with E-state index >= 15 is 0 Å². The summed E-state index contributed by atoms with van der Waals surface area (Å²) in [5.41, 5.74) is 6.44. The summed E-state index contributed by atoms with van der Waals surface area (Å²) >= 11 is 0. The Morgan fingerprint density at radius 3 is 2.53 bits per heavy atom. The molecule has 6 nitrogen and oxygen atoms in total. The first-order valence-corrected chi connectivity index (χ1v) is 6.26. The van der Waals surface area contributed by atoms with Crippen LogP contribution in [0.2, 0.25) is 0 Å². The molecule has 2 aliphatic rings. The molecule has 2 aliphatic heterocycles. The average Bonchev–Trinajstić information content (AvgIpc) is 2.46. The molecule has 19 heavy (non-hydrogen) atoms. The quantitative estimate of drug-likeness (QED) is 0.635. The first-order chi connectivity index (χ1) is 9.16. The number of hydrogen-bond acceptors (Lipinski definition) is 6. The molecule has 1 unspecified atom stereocenters. The van der Waals surface area contributed by atoms with Crippen molar-refractivity contribution in [3.05, 3.63) is 35.9 Å². The average molecular weight is 267 g/mol. The number of nitrogens with two attached hydrogens (primary N) is 1. The van der Waals surface area contributed by atoms with Crippen LogP contribution in [-0.4, -0.2) is 47.5 Å². The van der Waals surface area contributed by atoms with E-state index in [9.17, 15) is 10.2 Å². The Kier molecular flexibility index (Phi) is 3.53. The molecular formula is C13H17NO5. The third-order valence-corrected chi connectivity index (χ3v) is 3.49. The molecule has 0 saturated carbocycles. The van der Waals surface area contributed by atoms with Crippen LogP contribution in [0.3, 0.4) is 0 Å². The van der Waals surface area contributed by atoms with Crippen LogP contribution in [0.5, 0.6) is 0 Å². The highest BCUT2D eigenvalue weighted by Gasteiger charge is 2.47. The van der Waals surface area contributed by atoms with Gasteiger partial charge in [-0.05, 0) is 0 Å². The van der Waals surface area contributed by atoms with Gasteiger partial charge in [-0.25, -0.2) is 0 Å². The lowest BCUT2D eigenvalue weighted by molar-refractivity contribution is -0.327. The van der Waals surface area contributed by atoms with Gasteiger partial charge < -0.3 is 30.2 Å². The van der Waals surface area contributed by atoms with Gasteiger partial charge in [0.05, 0.1) is 6.61 Å². The zero-order chi connectivity index (χ0) is 13.4. The number of aliphatic hydroxyl groups excluding tert-OH is 2. The van der Waals surface area contributed by atoms with E-state index in [0.717, 1.165) is 5.56 Å². The molecule has 0 aliphatic carbocycles. The summed E-state index contributed by atoms with van der Waals surface area (Å²) < 4.78 is 16.6. The molecule has 0 amide bonds. The van der Waals surface area contributed by atoms with Crippen LogP contribution < -0.4 is 5.73 Å². The molecule has 0 bridgehead atoms. The van der Waals surface area contributed by atoms with Crippen molar-refractivity contribution in [2.45, 2.75) is 36.9 Å². The number of benzene rings is 1. The van der Waals surface area contributed by atoms with Crippen LogP contribution in [-0.2, 0) is 14.2 Å². The Bertz CT molecular complexity index is 426. The maximum Gasteiger partial charge on any atom is 0.184 e. The van der Waals surface area contributed by atoms with E-state index in [4.69, 9.17) is 19.9 Å². The fourth-order valence-corrected chi connectivity index (χ4v) is 2.42. The molecular weight excluding hydrogens is 250 g/mol. The van der Waals surface area contributed by atoms with Crippen molar-refractivity contribution in [3.8, 4) is 0 Å². The van der Waals surface area contributed by atoms with Crippen molar-refractivity contribution in [1.29, 1.82) is 0 Å². The molecule has 2 fully saturated rings. The van der Waals surface area contributed by atoms with Crippen molar-refractivity contribution in [2.75, 3.05) is 6.61 Å². The van der Waals surface area contributed by atoms with Gasteiger partial charge in [0.25, 0.3) is 0 Å². The van der Waals surface area contributed by atoms with E-state index in [1.807, 2.05) is 30.3 Å². The highest BCUT2D eigenvalue weighted by atomic mass is 16.7. The molecule has 6 atom stereocenters. The Balaban J connectivity index is 1.75. The zero-order valence-corrected chi connectivity index (χ0v) is 10.3. The standard InChI is InChI=1S/C13H17NO5/c14-12-10(16)9(15)11-8(18-12)6-17-13(19-11)7-4-2-1-3-5-7/h1-5,8-13,15-16H,6,14H2/t8-,9-,10-,11-,12-,13?/m1/s1. The fraction of sp³-hybridized carbons (Fsp3) is 0.538. The van der Waals surface area contributed by atoms with E-state index in [1.165, 1.54) is 0 Å². The van der Waals surface area contributed by atoms with E-state index < -0.39 is 36.9 Å². The molecule has 4 N–H and O–H groups in total. The van der Waals surface area contributed by atoms with Crippen LogP contribution in [0.15, 0.2) is 30.3 Å². The second-order valence-corrected chi connectivity index (χ2v) is 4.80. The summed E-state index contributed by atoms with van der Waals surface area (Å²) in [5, 5.41) is 19.7. The van der Waals surface area contributed by atoms with E-state index in [1.54, 1.807) is 0 Å². The molecule has 2 heterocycles. The zero-order valence-electron chi connectivity index (χ0n) is 10.3. The van der Waals surface area contributed by atoms with E-state index in [0.29, 0.717) is 0 Å². The van der Waals surface area contributed by atoms with Gasteiger partial charge in [-0.2, -0.15) is 0 Å². The maximum absolute atomic E-state index is 10.0. The molecule has 2 saturated heterocycles. The van der Waals surface area contributed by atoms with Crippen LogP contribution in [0.25, 0.3) is 0 Å². The fourth-order valence-electron chi connectivity index (χ4n) is 2.42. The van der Waals surface area contributed by atoms with Gasteiger partial charge >= 0.3 is 0 Å². The molecule has 3 rings (SSSR count). The van der Waals surface area contributed by atoms with Gasteiger partial charge in [0.15, 0.2) is 6.29 Å². The first-order valence-electron chi connectivity index (χ1n) is 6.26. The first kappa shape index (κ1) is 13.0. The molecule has 1 aromatic carbocycles. The number of aliphatic hydroxyl groups is 2. The van der Waals surface area contributed by atoms with Crippen LogP contribution >= 0.6 is 0 Å². The van der Waals surface area contributed by atoms with Crippen molar-refractivity contribution in [2.24, 2.45) is 5.73 Å². The van der Waals surface area contributed by atoms with Crippen LogP contribution in [0, 0.1) is 0 Å². The minimum Gasteiger partial charge on any atom is -0.387 e. The second kappa shape index (κ2) is 5.16. The molecule has 104 valence electrons. The Morgan fingerprint density at radius 2 is 1.79 bits per heavy atom. The smallest absolute Gasteiger partial charge is 0.184 e. The third kappa shape index (κ3) is 2.38. The summed E-state index contributed by atoms with van der Waals surface area (Å²) in [6, 6.07) is 9.42. The highest BCUT2D eigenvalue weighted by Crippen LogP contribution is 2.32. The van der Waals surface area contributed by atoms with Gasteiger partial charge in [0.2, 0.25) is 0 Å². The monoisotopic (exact) mass is 267 g/mol. The summed E-state index contributed by atoms with van der Waals surface area (Å²) in [6.07, 6.45) is -4.83. The summed E-state index contributed by atoms with van der Waals surface area (Å²) in [6.45, 7) is 0.266. The lowest BCUT2D eigenvalue weighted by atomic mass is 9.97. The number of fused-ring (bicyclic) bond motifs is 1. The molecule has 0 spiro atoms. The number of ether oxygens (including phenoxy) is 3. The van der Waals surface area contributed by atoms with E-state index in [2.05, 4.69) is 0 Å². The second-order valence-electron chi connectivity index (χ2n) is 4.80. The predicted molar refractivity (Wildman–Crippen MR) is 64.9 cm³/mol. The summed E-state index contributed by atoms with van der Waals surface area (Å²) in [7, 11) is 0. The summed E-state index contributed by atoms with van der Waals surface area (Å²) in [5.74, 6) is 0. The third-order valence-electron chi connectivity index (χ3n) is 3.49. The Labute approximate surface area is 110 Å². The van der Waals surface area contributed by atoms with Crippen LogP contribution in [0.1, 0.15) is 11.9 Å². The van der Waals surface area contributed by atoms with Crippen molar-refractivity contribution in [1.82, 2.24) is 0 Å². The van der Waals surface area contributed by atoms with Crippen molar-refractivity contribution < 1.29 is 24.4 Å². The molecule has 0 radical (unpaired) electrons. The van der Waals surface area contributed by atoms with Gasteiger partial charge in [0, 0.05) is 5.56 Å². The Hall–Kier alpha value is -1.02. The van der Waals surface area contributed by atoms with Crippen molar-refractivity contribution in [3.63, 3.8) is 0 Å². The minimum atomic E-state index is -1.16. The lowest BCUT2D eigenvalue weighted by Crippen LogP contribution is -2.63. The lowest BCUT2D eigenvalue weighted by Gasteiger charge is -2.45.